The van der Waals surface area contributed by atoms with Gasteiger partial charge in [0.25, 0.3) is 0 Å². The van der Waals surface area contributed by atoms with Gasteiger partial charge in [0.05, 0.1) is 6.42 Å². The molecule has 4 nitrogen and oxygen atoms in total. The zero-order chi connectivity index (χ0) is 12.4. The van der Waals surface area contributed by atoms with Crippen molar-refractivity contribution in [2.45, 2.75) is 26.2 Å². The van der Waals surface area contributed by atoms with Crippen molar-refractivity contribution in [3.05, 3.63) is 29.3 Å². The average Bonchev–Trinajstić information content (AvgIpc) is 2.60. The minimum atomic E-state index is -0.795. The van der Waals surface area contributed by atoms with E-state index in [1.807, 2.05) is 25.1 Å². The Bertz CT molecular complexity index is 468. The van der Waals surface area contributed by atoms with Crippen LogP contribution >= 0.6 is 0 Å². The number of benzene rings is 1. The van der Waals surface area contributed by atoms with E-state index in [2.05, 4.69) is 0 Å². The predicted octanol–water partition coefficient (Wildman–Crippen LogP) is 1.61. The first-order valence-electron chi connectivity index (χ1n) is 5.75. The summed E-state index contributed by atoms with van der Waals surface area (Å²) in [7, 11) is 0. The molecule has 0 spiro atoms. The van der Waals surface area contributed by atoms with Crippen LogP contribution in [0.3, 0.4) is 0 Å². The van der Waals surface area contributed by atoms with Gasteiger partial charge in [0.1, 0.15) is 0 Å². The first-order valence-corrected chi connectivity index (χ1v) is 5.75. The Morgan fingerprint density at radius 1 is 1.47 bits per heavy atom. The van der Waals surface area contributed by atoms with Gasteiger partial charge in [-0.15, -0.1) is 0 Å². The Morgan fingerprint density at radius 3 is 2.88 bits per heavy atom. The Labute approximate surface area is 99.9 Å². The molecule has 1 N–H and O–H groups in total. The third kappa shape index (κ3) is 2.30. The van der Waals surface area contributed by atoms with E-state index in [1.54, 1.807) is 4.90 Å². The minimum absolute atomic E-state index is 0.123. The highest BCUT2D eigenvalue weighted by Gasteiger charge is 2.25. The summed E-state index contributed by atoms with van der Waals surface area (Å²) < 4.78 is 0. The minimum Gasteiger partial charge on any atom is -0.481 e. The van der Waals surface area contributed by atoms with Crippen LogP contribution in [0.1, 0.15) is 24.5 Å². The number of rotatable bonds is 4. The average molecular weight is 233 g/mol. The number of likely N-dealkylation sites (N-methyl/N-ethyl adjacent to an activating group) is 1. The van der Waals surface area contributed by atoms with Crippen molar-refractivity contribution < 1.29 is 14.7 Å². The van der Waals surface area contributed by atoms with Gasteiger partial charge < -0.3 is 10.0 Å². The monoisotopic (exact) mass is 233 g/mol. The molecule has 0 unspecified atom stereocenters. The van der Waals surface area contributed by atoms with Crippen LogP contribution in [0.2, 0.25) is 0 Å². The van der Waals surface area contributed by atoms with Gasteiger partial charge in [-0.3, -0.25) is 9.59 Å². The third-order valence-corrected chi connectivity index (χ3v) is 3.02. The fraction of sp³-hybridized carbons (Fsp3) is 0.385. The summed E-state index contributed by atoms with van der Waals surface area (Å²) >= 11 is 0. The number of fused-ring (bicyclic) bond motifs is 1. The molecule has 0 saturated carbocycles. The molecule has 90 valence electrons. The van der Waals surface area contributed by atoms with Gasteiger partial charge in [0, 0.05) is 18.7 Å². The number of amides is 1. The van der Waals surface area contributed by atoms with Gasteiger partial charge in [-0.1, -0.05) is 12.1 Å². The van der Waals surface area contributed by atoms with Gasteiger partial charge in [-0.2, -0.15) is 0 Å². The summed E-state index contributed by atoms with van der Waals surface area (Å²) in [5, 5.41) is 8.63. The molecule has 17 heavy (non-hydrogen) atoms. The molecule has 1 aromatic rings. The van der Waals surface area contributed by atoms with Gasteiger partial charge >= 0.3 is 5.97 Å². The van der Waals surface area contributed by atoms with Gasteiger partial charge in [-0.05, 0) is 30.5 Å². The van der Waals surface area contributed by atoms with E-state index in [1.165, 1.54) is 0 Å². The van der Waals surface area contributed by atoms with E-state index in [-0.39, 0.29) is 12.3 Å². The van der Waals surface area contributed by atoms with Gasteiger partial charge in [0.15, 0.2) is 0 Å². The number of carboxylic acid groups (broad SMARTS) is 1. The SMILES string of the molecule is CCN1C(=O)Cc2cc(CCC(=O)O)ccc21. The molecule has 1 aliphatic heterocycles. The fourth-order valence-electron chi connectivity index (χ4n) is 2.19. The highest BCUT2D eigenvalue weighted by molar-refractivity contribution is 6.01. The normalized spacial score (nSPS) is 13.9. The lowest BCUT2D eigenvalue weighted by atomic mass is 10.0. The van der Waals surface area contributed by atoms with Crippen LogP contribution in [0.25, 0.3) is 0 Å². The maximum atomic E-state index is 11.7. The highest BCUT2D eigenvalue weighted by Crippen LogP contribution is 2.29. The first-order chi connectivity index (χ1) is 8.11. The van der Waals surface area contributed by atoms with Gasteiger partial charge in [0.2, 0.25) is 5.91 Å². The molecule has 0 radical (unpaired) electrons. The summed E-state index contributed by atoms with van der Waals surface area (Å²) in [5.74, 6) is -0.672. The number of nitrogens with zero attached hydrogens (tertiary/aromatic N) is 1. The van der Waals surface area contributed by atoms with Gasteiger partial charge in [-0.25, -0.2) is 0 Å². The van der Waals surface area contributed by atoms with Crippen molar-refractivity contribution in [1.29, 1.82) is 0 Å². The predicted molar refractivity (Wildman–Crippen MR) is 64.1 cm³/mol. The molecular formula is C13H15NO3. The molecule has 4 heteroatoms. The zero-order valence-corrected chi connectivity index (χ0v) is 9.77. The van der Waals surface area contributed by atoms with Crippen LogP contribution in [-0.2, 0) is 22.4 Å². The molecule has 1 aromatic carbocycles. The fourth-order valence-corrected chi connectivity index (χ4v) is 2.19. The Balaban J connectivity index is 2.19. The summed E-state index contributed by atoms with van der Waals surface area (Å²) in [5.41, 5.74) is 2.97. The Kier molecular flexibility index (Phi) is 3.13. The molecule has 1 heterocycles. The molecule has 1 aliphatic rings. The lowest BCUT2D eigenvalue weighted by Gasteiger charge is -2.14. The maximum Gasteiger partial charge on any atom is 0.303 e. The lowest BCUT2D eigenvalue weighted by molar-refractivity contribution is -0.137. The zero-order valence-electron chi connectivity index (χ0n) is 9.77. The van der Waals surface area contributed by atoms with Crippen molar-refractivity contribution in [2.75, 3.05) is 11.4 Å². The van der Waals surface area contributed by atoms with Crippen LogP contribution < -0.4 is 4.90 Å². The molecule has 1 amide bonds. The smallest absolute Gasteiger partial charge is 0.303 e. The summed E-state index contributed by atoms with van der Waals surface area (Å²) in [4.78, 5) is 23.9. The standard InChI is InChI=1S/C13H15NO3/c1-2-14-11-5-3-9(4-6-13(16)17)7-10(11)8-12(14)15/h3,5,7H,2,4,6,8H2,1H3,(H,16,17). The molecule has 0 atom stereocenters. The lowest BCUT2D eigenvalue weighted by Crippen LogP contribution is -2.25. The number of hydrogen-bond donors (Lipinski definition) is 1. The molecule has 0 aromatic heterocycles. The number of anilines is 1. The van der Waals surface area contributed by atoms with Crippen molar-refractivity contribution in [2.24, 2.45) is 0 Å². The number of aryl methyl sites for hydroxylation is 1. The molecule has 0 aliphatic carbocycles. The summed E-state index contributed by atoms with van der Waals surface area (Å²) in [6.45, 7) is 2.63. The third-order valence-electron chi connectivity index (χ3n) is 3.02. The van der Waals surface area contributed by atoms with Crippen LogP contribution in [0.15, 0.2) is 18.2 Å². The van der Waals surface area contributed by atoms with Crippen molar-refractivity contribution >= 4 is 17.6 Å². The maximum absolute atomic E-state index is 11.7. The second-order valence-electron chi connectivity index (χ2n) is 4.17. The topological polar surface area (TPSA) is 57.6 Å². The summed E-state index contributed by atoms with van der Waals surface area (Å²) in [6, 6.07) is 5.77. The Hall–Kier alpha value is -1.84. The van der Waals surface area contributed by atoms with Crippen molar-refractivity contribution in [3.63, 3.8) is 0 Å². The van der Waals surface area contributed by atoms with Crippen LogP contribution in [-0.4, -0.2) is 23.5 Å². The molecule has 0 bridgehead atoms. The first kappa shape index (κ1) is 11.6. The molecular weight excluding hydrogens is 218 g/mol. The number of carboxylic acids is 1. The van der Waals surface area contributed by atoms with E-state index >= 15 is 0 Å². The molecule has 0 saturated heterocycles. The van der Waals surface area contributed by atoms with E-state index < -0.39 is 5.97 Å². The summed E-state index contributed by atoms with van der Waals surface area (Å²) in [6.07, 6.45) is 1.08. The highest BCUT2D eigenvalue weighted by atomic mass is 16.4. The van der Waals surface area contributed by atoms with Crippen LogP contribution in [0.4, 0.5) is 5.69 Å². The Morgan fingerprint density at radius 2 is 2.24 bits per heavy atom. The van der Waals surface area contributed by atoms with E-state index in [0.29, 0.717) is 19.4 Å². The number of aliphatic carboxylic acids is 1. The van der Waals surface area contributed by atoms with E-state index in [9.17, 15) is 9.59 Å². The van der Waals surface area contributed by atoms with Crippen molar-refractivity contribution in [3.8, 4) is 0 Å². The second-order valence-corrected chi connectivity index (χ2v) is 4.17. The van der Waals surface area contributed by atoms with E-state index in [0.717, 1.165) is 16.8 Å². The van der Waals surface area contributed by atoms with Crippen LogP contribution in [0.5, 0.6) is 0 Å². The van der Waals surface area contributed by atoms with Crippen molar-refractivity contribution in [1.82, 2.24) is 0 Å². The van der Waals surface area contributed by atoms with Crippen LogP contribution in [0, 0.1) is 0 Å². The molecule has 2 rings (SSSR count). The van der Waals surface area contributed by atoms with E-state index in [4.69, 9.17) is 5.11 Å². The number of carbonyl (C=O) groups is 2. The number of carbonyl (C=O) groups excluding carboxylic acids is 1. The number of hydrogen-bond acceptors (Lipinski definition) is 2. The molecule has 0 fully saturated rings. The quantitative estimate of drug-likeness (QED) is 0.859. The second kappa shape index (κ2) is 4.57. The largest absolute Gasteiger partial charge is 0.481 e.